The van der Waals surface area contributed by atoms with Crippen LogP contribution in [0, 0.1) is 0 Å². The Bertz CT molecular complexity index is 4200. The largest absolute Gasteiger partial charge is 0.256 e. The van der Waals surface area contributed by atoms with E-state index >= 15 is 0 Å². The van der Waals surface area contributed by atoms with Crippen molar-refractivity contribution in [3.05, 3.63) is 301 Å². The van der Waals surface area contributed by atoms with E-state index in [1.165, 1.54) is 33.4 Å². The molecular formula is C72H46N8. The predicted octanol–water partition coefficient (Wildman–Crippen LogP) is 16.5. The molecule has 8 nitrogen and oxygen atoms in total. The van der Waals surface area contributed by atoms with E-state index in [0.717, 1.165) is 78.1 Å². The molecule has 4 heterocycles. The molecule has 3 aliphatic rings. The second kappa shape index (κ2) is 19.7. The van der Waals surface area contributed by atoms with Crippen LogP contribution in [0.5, 0.6) is 0 Å². The molecule has 3 aliphatic carbocycles. The summed E-state index contributed by atoms with van der Waals surface area (Å²) in [5, 5.41) is 0. The van der Waals surface area contributed by atoms with E-state index in [1.54, 1.807) is 0 Å². The average Bonchev–Trinajstić information content (AvgIpc) is 3.57. The third kappa shape index (κ3) is 8.17. The molecule has 0 fully saturated rings. The van der Waals surface area contributed by atoms with Gasteiger partial charge in [0.15, 0.2) is 34.9 Å². The van der Waals surface area contributed by atoms with E-state index in [1.807, 2.05) is 134 Å². The van der Waals surface area contributed by atoms with Crippen molar-refractivity contribution < 1.29 is 0 Å². The lowest BCUT2D eigenvalue weighted by atomic mass is 9.60. The summed E-state index contributed by atoms with van der Waals surface area (Å²) in [5.41, 5.74) is 21.3. The molecule has 8 heteroatoms. The van der Waals surface area contributed by atoms with Crippen molar-refractivity contribution in [2.45, 2.75) is 11.8 Å². The molecule has 80 heavy (non-hydrogen) atoms. The van der Waals surface area contributed by atoms with E-state index in [0.29, 0.717) is 34.9 Å². The van der Waals surface area contributed by atoms with Crippen molar-refractivity contribution in [2.24, 2.45) is 0 Å². The zero-order chi connectivity index (χ0) is 52.9. The molecule has 0 amide bonds. The minimum atomic E-state index is 0.0212. The van der Waals surface area contributed by atoms with Gasteiger partial charge >= 0.3 is 0 Å². The summed E-state index contributed by atoms with van der Waals surface area (Å²) in [6.07, 6.45) is 3.63. The summed E-state index contributed by atoms with van der Waals surface area (Å²) in [6.45, 7) is 0. The van der Waals surface area contributed by atoms with Gasteiger partial charge in [-0.25, -0.2) is 29.9 Å². The molecule has 9 aromatic carbocycles. The summed E-state index contributed by atoms with van der Waals surface area (Å²) >= 11 is 0. The number of benzene rings is 9. The SMILES string of the molecule is c1ccc(-c2nc(-c3ccccc3-c3ccc4c(c3)C3c5ccccc5C4c4cc(-c5ccccc5-c5nc(-c6ccccc6)nc(-c6ccccc6-c6ccccn6)n5)ccc43)nc(-c3ccccc3-c3ccccn3)n2)cc1. The van der Waals surface area contributed by atoms with Crippen LogP contribution in [-0.4, -0.2) is 39.9 Å². The third-order valence-corrected chi connectivity index (χ3v) is 15.5. The van der Waals surface area contributed by atoms with Crippen molar-refractivity contribution in [1.29, 1.82) is 0 Å². The molecule has 0 saturated heterocycles. The van der Waals surface area contributed by atoms with Gasteiger partial charge in [0.25, 0.3) is 0 Å². The van der Waals surface area contributed by atoms with Gasteiger partial charge in [-0.05, 0) is 92.0 Å². The lowest BCUT2D eigenvalue weighted by Crippen LogP contribution is -2.27. The van der Waals surface area contributed by atoms with Crippen molar-refractivity contribution in [2.75, 3.05) is 0 Å². The monoisotopic (exact) mass is 1020 g/mol. The Hall–Kier alpha value is -10.7. The molecule has 0 aliphatic heterocycles. The highest BCUT2D eigenvalue weighted by Gasteiger charge is 2.41. The number of hydrogen-bond acceptors (Lipinski definition) is 8. The lowest BCUT2D eigenvalue weighted by molar-refractivity contribution is 0.755. The average molecular weight is 1020 g/mol. The zero-order valence-electron chi connectivity index (χ0n) is 43.1. The summed E-state index contributed by atoms with van der Waals surface area (Å²) in [5.74, 6) is 3.61. The predicted molar refractivity (Wildman–Crippen MR) is 318 cm³/mol. The van der Waals surface area contributed by atoms with E-state index in [2.05, 4.69) is 133 Å². The Kier molecular flexibility index (Phi) is 11.5. The van der Waals surface area contributed by atoms with Gasteiger partial charge in [0, 0.05) is 68.7 Å². The van der Waals surface area contributed by atoms with Crippen LogP contribution in [0.25, 0.3) is 113 Å². The molecular weight excluding hydrogens is 977 g/mol. The number of pyridine rings is 2. The molecule has 374 valence electrons. The first kappa shape index (κ1) is 46.6. The fraction of sp³-hybridized carbons (Fsp3) is 0.0278. The molecule has 0 spiro atoms. The number of nitrogens with zero attached hydrogens (tertiary/aromatic N) is 8. The van der Waals surface area contributed by atoms with E-state index in [-0.39, 0.29) is 11.8 Å². The Balaban J connectivity index is 0.836. The first-order valence-corrected chi connectivity index (χ1v) is 26.9. The Morgan fingerprint density at radius 2 is 0.500 bits per heavy atom. The fourth-order valence-electron chi connectivity index (χ4n) is 11.9. The third-order valence-electron chi connectivity index (χ3n) is 15.5. The molecule has 2 atom stereocenters. The van der Waals surface area contributed by atoms with Crippen molar-refractivity contribution in [1.82, 2.24) is 39.9 Å². The number of aromatic nitrogens is 8. The maximum atomic E-state index is 5.30. The van der Waals surface area contributed by atoms with Gasteiger partial charge in [0.1, 0.15) is 0 Å². The summed E-state index contributed by atoms with van der Waals surface area (Å²) in [6, 6.07) is 88.7. The van der Waals surface area contributed by atoms with Crippen LogP contribution in [0.15, 0.2) is 267 Å². The van der Waals surface area contributed by atoms with Crippen molar-refractivity contribution >= 4 is 0 Å². The van der Waals surface area contributed by atoms with Crippen LogP contribution in [0.3, 0.4) is 0 Å². The standard InChI is InChI=1S/C72H46N8/c1-3-21-45(22-4-1)67-75-69(79-71(77-67)59-33-15-9-27-51(59)63-35-17-19-41-73-63)57-31-13-7-25-49(57)47-37-39-55-61(43-47)65-53-29-11-12-30-54(53)66(55)62-44-48(38-40-56(62)65)50-26-8-14-32-58(50)70-76-68(46-23-5-2-6-24-46)78-72(80-70)60-34-16-10-28-52(60)64-36-18-20-42-74-64/h1-44,65-66H. The highest BCUT2D eigenvalue weighted by atomic mass is 15.0. The minimum Gasteiger partial charge on any atom is -0.256 e. The smallest absolute Gasteiger partial charge is 0.164 e. The molecule has 2 unspecified atom stereocenters. The Morgan fingerprint density at radius 1 is 0.200 bits per heavy atom. The van der Waals surface area contributed by atoms with Crippen molar-refractivity contribution in [3.63, 3.8) is 0 Å². The molecule has 0 saturated carbocycles. The van der Waals surface area contributed by atoms with Crippen LogP contribution >= 0.6 is 0 Å². The fourth-order valence-corrected chi connectivity index (χ4v) is 11.9. The normalized spacial score (nSPS) is 13.8. The van der Waals surface area contributed by atoms with E-state index < -0.39 is 0 Å². The first-order chi connectivity index (χ1) is 39.7. The first-order valence-electron chi connectivity index (χ1n) is 26.9. The van der Waals surface area contributed by atoms with E-state index in [4.69, 9.17) is 39.9 Å². The maximum Gasteiger partial charge on any atom is 0.164 e. The molecule has 0 radical (unpaired) electrons. The highest BCUT2D eigenvalue weighted by molar-refractivity contribution is 5.88. The Labute approximate surface area is 463 Å². The van der Waals surface area contributed by atoms with Gasteiger partial charge in [-0.1, -0.05) is 218 Å². The zero-order valence-corrected chi connectivity index (χ0v) is 43.1. The quantitative estimate of drug-likeness (QED) is 0.133. The van der Waals surface area contributed by atoms with Gasteiger partial charge in [0.05, 0.1) is 11.4 Å². The molecule has 16 rings (SSSR count). The molecule has 4 aromatic heterocycles. The summed E-state index contributed by atoms with van der Waals surface area (Å²) in [7, 11) is 0. The second-order valence-corrected chi connectivity index (χ2v) is 20.1. The molecule has 13 aromatic rings. The molecule has 2 bridgehead atoms. The second-order valence-electron chi connectivity index (χ2n) is 20.1. The Morgan fingerprint density at radius 3 is 0.875 bits per heavy atom. The summed E-state index contributed by atoms with van der Waals surface area (Å²) in [4.78, 5) is 40.8. The van der Waals surface area contributed by atoms with Crippen LogP contribution in [0.1, 0.15) is 45.2 Å². The number of hydrogen-bond donors (Lipinski definition) is 0. The van der Waals surface area contributed by atoms with Gasteiger partial charge < -0.3 is 0 Å². The topological polar surface area (TPSA) is 103 Å². The van der Waals surface area contributed by atoms with Gasteiger partial charge in [-0.3, -0.25) is 9.97 Å². The van der Waals surface area contributed by atoms with Gasteiger partial charge in [0.2, 0.25) is 0 Å². The van der Waals surface area contributed by atoms with Crippen LogP contribution in [0.2, 0.25) is 0 Å². The van der Waals surface area contributed by atoms with Gasteiger partial charge in [-0.15, -0.1) is 0 Å². The van der Waals surface area contributed by atoms with Gasteiger partial charge in [-0.2, -0.15) is 0 Å². The van der Waals surface area contributed by atoms with Crippen LogP contribution < -0.4 is 0 Å². The molecule has 0 N–H and O–H groups in total. The maximum absolute atomic E-state index is 5.30. The summed E-state index contributed by atoms with van der Waals surface area (Å²) < 4.78 is 0. The van der Waals surface area contributed by atoms with Crippen LogP contribution in [0.4, 0.5) is 0 Å². The van der Waals surface area contributed by atoms with Crippen molar-refractivity contribution in [3.8, 4) is 113 Å². The van der Waals surface area contributed by atoms with Crippen LogP contribution in [-0.2, 0) is 0 Å². The number of rotatable bonds is 10. The highest BCUT2D eigenvalue weighted by Crippen LogP contribution is 2.57. The van der Waals surface area contributed by atoms with E-state index in [9.17, 15) is 0 Å². The lowest BCUT2D eigenvalue weighted by Gasteiger charge is -2.42. The minimum absolute atomic E-state index is 0.0212.